The number of hydrogen-bond acceptors (Lipinski definition) is 4. The van der Waals surface area contributed by atoms with Gasteiger partial charge in [0.2, 0.25) is 15.9 Å². The predicted molar refractivity (Wildman–Crippen MR) is 141 cm³/mol. The third kappa shape index (κ3) is 6.53. The van der Waals surface area contributed by atoms with E-state index in [9.17, 15) is 13.2 Å². The van der Waals surface area contributed by atoms with Crippen LogP contribution in [-0.4, -0.2) is 45.5 Å². The molecule has 6 nitrogen and oxygen atoms in total. The molecule has 1 fully saturated rings. The fourth-order valence-electron chi connectivity index (χ4n) is 4.83. The predicted octanol–water partition coefficient (Wildman–Crippen LogP) is 4.37. The number of ether oxygens (including phenoxy) is 1. The maximum absolute atomic E-state index is 13.6. The van der Waals surface area contributed by atoms with Gasteiger partial charge in [-0.05, 0) is 73.4 Å². The van der Waals surface area contributed by atoms with Gasteiger partial charge >= 0.3 is 0 Å². The summed E-state index contributed by atoms with van der Waals surface area (Å²) in [6.45, 7) is 3.06. The van der Waals surface area contributed by atoms with Crippen LogP contribution in [0.2, 0.25) is 0 Å². The molecule has 0 saturated carbocycles. The molecule has 7 heteroatoms. The second kappa shape index (κ2) is 11.7. The fourth-order valence-corrected chi connectivity index (χ4v) is 6.10. The lowest BCUT2D eigenvalue weighted by Crippen LogP contribution is -2.51. The standard InChI is InChI=1S/C29H34N2O4S/c1-22-19-26(13-14-28(22)35-2)36(33,34)30-27(21-24-11-7-4-8-12-24)29(32)31-17-15-25(16-18-31)20-23-9-5-3-6-10-23/h3-14,19,25,27,30H,15-18,20-21H2,1-2H3/t27-/m1/s1. The van der Waals surface area contributed by atoms with Crippen LogP contribution < -0.4 is 9.46 Å². The SMILES string of the molecule is COc1ccc(S(=O)(=O)N[C@H](Cc2ccccc2)C(=O)N2CCC(Cc3ccccc3)CC2)cc1C. The van der Waals surface area contributed by atoms with Gasteiger partial charge in [0.15, 0.2) is 0 Å². The van der Waals surface area contributed by atoms with Crippen molar-refractivity contribution >= 4 is 15.9 Å². The molecule has 3 aromatic rings. The molecule has 4 rings (SSSR count). The summed E-state index contributed by atoms with van der Waals surface area (Å²) in [7, 11) is -2.37. The number of sulfonamides is 1. The normalized spacial score (nSPS) is 15.4. The number of carbonyl (C=O) groups is 1. The average molecular weight is 507 g/mol. The van der Waals surface area contributed by atoms with Crippen LogP contribution in [0.25, 0.3) is 0 Å². The van der Waals surface area contributed by atoms with E-state index in [4.69, 9.17) is 4.74 Å². The number of nitrogens with one attached hydrogen (secondary N) is 1. The number of likely N-dealkylation sites (tertiary alicyclic amines) is 1. The first-order valence-corrected chi connectivity index (χ1v) is 13.9. The molecule has 1 aliphatic heterocycles. The number of aryl methyl sites for hydroxylation is 1. The van der Waals surface area contributed by atoms with Gasteiger partial charge in [-0.1, -0.05) is 60.7 Å². The minimum atomic E-state index is -3.92. The molecular weight excluding hydrogens is 472 g/mol. The topological polar surface area (TPSA) is 75.7 Å². The summed E-state index contributed by atoms with van der Waals surface area (Å²) in [5, 5.41) is 0. The van der Waals surface area contributed by atoms with Gasteiger partial charge in [0, 0.05) is 13.1 Å². The molecule has 0 radical (unpaired) electrons. The van der Waals surface area contributed by atoms with Crippen molar-refractivity contribution in [2.75, 3.05) is 20.2 Å². The molecule has 0 bridgehead atoms. The first-order chi connectivity index (χ1) is 17.4. The third-order valence-electron chi connectivity index (χ3n) is 6.85. The largest absolute Gasteiger partial charge is 0.496 e. The number of hydrogen-bond donors (Lipinski definition) is 1. The molecule has 1 N–H and O–H groups in total. The lowest BCUT2D eigenvalue weighted by molar-refractivity contribution is -0.134. The Kier molecular flexibility index (Phi) is 8.44. The fraction of sp³-hybridized carbons (Fsp3) is 0.345. The Morgan fingerprint density at radius 2 is 1.58 bits per heavy atom. The quantitative estimate of drug-likeness (QED) is 0.468. The van der Waals surface area contributed by atoms with E-state index in [0.29, 0.717) is 30.3 Å². The molecule has 1 amide bonds. The van der Waals surface area contributed by atoms with E-state index in [1.54, 1.807) is 26.2 Å². The van der Waals surface area contributed by atoms with Gasteiger partial charge in [-0.15, -0.1) is 0 Å². The number of methoxy groups -OCH3 is 1. The van der Waals surface area contributed by atoms with Gasteiger partial charge < -0.3 is 9.64 Å². The van der Waals surface area contributed by atoms with Crippen LogP contribution in [0, 0.1) is 12.8 Å². The number of rotatable bonds is 9. The number of amides is 1. The van der Waals surface area contributed by atoms with Crippen LogP contribution in [0.3, 0.4) is 0 Å². The van der Waals surface area contributed by atoms with Crippen LogP contribution >= 0.6 is 0 Å². The van der Waals surface area contributed by atoms with Crippen molar-refractivity contribution in [2.45, 2.75) is 43.5 Å². The summed E-state index contributed by atoms with van der Waals surface area (Å²) < 4.78 is 34.6. The molecule has 0 aromatic heterocycles. The van der Waals surface area contributed by atoms with E-state index in [-0.39, 0.29) is 17.2 Å². The van der Waals surface area contributed by atoms with Gasteiger partial charge in [0.25, 0.3) is 0 Å². The van der Waals surface area contributed by atoms with Crippen molar-refractivity contribution in [1.29, 1.82) is 0 Å². The van der Waals surface area contributed by atoms with Gasteiger partial charge in [0.05, 0.1) is 12.0 Å². The van der Waals surface area contributed by atoms with Crippen molar-refractivity contribution in [3.05, 3.63) is 95.6 Å². The van der Waals surface area contributed by atoms with Crippen LogP contribution in [0.5, 0.6) is 5.75 Å². The Labute approximate surface area is 214 Å². The van der Waals surface area contributed by atoms with Crippen LogP contribution in [0.15, 0.2) is 83.8 Å². The van der Waals surface area contributed by atoms with Gasteiger partial charge in [-0.25, -0.2) is 8.42 Å². The van der Waals surface area contributed by atoms with Crippen molar-refractivity contribution in [2.24, 2.45) is 5.92 Å². The van der Waals surface area contributed by atoms with Crippen molar-refractivity contribution < 1.29 is 17.9 Å². The van der Waals surface area contributed by atoms with Crippen molar-refractivity contribution in [3.8, 4) is 5.75 Å². The van der Waals surface area contributed by atoms with E-state index in [2.05, 4.69) is 29.0 Å². The summed E-state index contributed by atoms with van der Waals surface area (Å²) in [4.78, 5) is 15.6. The zero-order valence-corrected chi connectivity index (χ0v) is 21.7. The molecular formula is C29H34N2O4S. The lowest BCUT2D eigenvalue weighted by Gasteiger charge is -2.34. The molecule has 1 aliphatic rings. The second-order valence-electron chi connectivity index (χ2n) is 9.45. The molecule has 1 heterocycles. The third-order valence-corrected chi connectivity index (χ3v) is 8.32. The number of piperidine rings is 1. The molecule has 0 spiro atoms. The van der Waals surface area contributed by atoms with E-state index in [0.717, 1.165) is 24.8 Å². The smallest absolute Gasteiger partial charge is 0.241 e. The number of carbonyl (C=O) groups excluding carboxylic acids is 1. The van der Waals surface area contributed by atoms with Crippen molar-refractivity contribution in [3.63, 3.8) is 0 Å². The lowest BCUT2D eigenvalue weighted by atomic mass is 9.90. The maximum atomic E-state index is 13.6. The Hall–Kier alpha value is -3.16. The molecule has 0 unspecified atom stereocenters. The van der Waals surface area contributed by atoms with E-state index in [1.807, 2.05) is 41.3 Å². The summed E-state index contributed by atoms with van der Waals surface area (Å²) in [5.74, 6) is 0.957. The van der Waals surface area contributed by atoms with Gasteiger partial charge in [-0.2, -0.15) is 4.72 Å². The highest BCUT2D eigenvalue weighted by Gasteiger charge is 2.32. The van der Waals surface area contributed by atoms with E-state index in [1.165, 1.54) is 11.6 Å². The Morgan fingerprint density at radius 3 is 2.17 bits per heavy atom. The highest BCUT2D eigenvalue weighted by atomic mass is 32.2. The minimum absolute atomic E-state index is 0.119. The van der Waals surface area contributed by atoms with Gasteiger partial charge in [-0.3, -0.25) is 4.79 Å². The molecule has 36 heavy (non-hydrogen) atoms. The Morgan fingerprint density at radius 1 is 0.972 bits per heavy atom. The molecule has 1 atom stereocenters. The zero-order chi connectivity index (χ0) is 25.5. The molecule has 0 aliphatic carbocycles. The Bertz CT molecular complexity index is 1250. The highest BCUT2D eigenvalue weighted by Crippen LogP contribution is 2.24. The molecule has 3 aromatic carbocycles. The first kappa shape index (κ1) is 25.9. The Balaban J connectivity index is 1.48. The summed E-state index contributed by atoms with van der Waals surface area (Å²) in [5.41, 5.74) is 2.93. The number of nitrogens with zero attached hydrogens (tertiary/aromatic N) is 1. The van der Waals surface area contributed by atoms with E-state index >= 15 is 0 Å². The molecule has 1 saturated heterocycles. The maximum Gasteiger partial charge on any atom is 0.241 e. The summed E-state index contributed by atoms with van der Waals surface area (Å²) >= 11 is 0. The first-order valence-electron chi connectivity index (χ1n) is 12.4. The van der Waals surface area contributed by atoms with Crippen LogP contribution in [-0.2, 0) is 27.7 Å². The van der Waals surface area contributed by atoms with Crippen LogP contribution in [0.4, 0.5) is 0 Å². The minimum Gasteiger partial charge on any atom is -0.496 e. The highest BCUT2D eigenvalue weighted by molar-refractivity contribution is 7.89. The zero-order valence-electron chi connectivity index (χ0n) is 20.9. The summed E-state index contributed by atoms with van der Waals surface area (Å²) in [6.07, 6.45) is 3.10. The average Bonchev–Trinajstić information content (AvgIpc) is 2.89. The molecule has 190 valence electrons. The van der Waals surface area contributed by atoms with Crippen molar-refractivity contribution in [1.82, 2.24) is 9.62 Å². The monoisotopic (exact) mass is 506 g/mol. The van der Waals surface area contributed by atoms with Gasteiger partial charge in [0.1, 0.15) is 11.8 Å². The summed E-state index contributed by atoms with van der Waals surface area (Å²) in [6, 6.07) is 23.8. The second-order valence-corrected chi connectivity index (χ2v) is 11.2. The van der Waals surface area contributed by atoms with E-state index < -0.39 is 16.1 Å². The number of benzene rings is 3. The van der Waals surface area contributed by atoms with Crippen LogP contribution in [0.1, 0.15) is 29.5 Å².